The number of carbonyl (C=O) groups excluding carboxylic acids is 1. The SMILES string of the molecule is C=C[C@@H](C)[C@@H]1O[C@](O)([C@H](C)C(=O)OCc2ccccc2)C[C@H](OCc2ccc(OC)cc2)[C@H]1C. The molecule has 6 nitrogen and oxygen atoms in total. The predicted octanol–water partition coefficient (Wildman–Crippen LogP) is 4.90. The third-order valence-electron chi connectivity index (χ3n) is 6.71. The Bertz CT molecular complexity index is 928. The van der Waals surface area contributed by atoms with E-state index in [1.54, 1.807) is 20.1 Å². The van der Waals surface area contributed by atoms with Crippen LogP contribution in [0, 0.1) is 17.8 Å². The molecule has 0 bridgehead atoms. The number of ether oxygens (including phenoxy) is 4. The summed E-state index contributed by atoms with van der Waals surface area (Å²) in [5.74, 6) is -2.40. The molecule has 0 aliphatic carbocycles. The topological polar surface area (TPSA) is 74.2 Å². The smallest absolute Gasteiger partial charge is 0.314 e. The van der Waals surface area contributed by atoms with Gasteiger partial charge in [-0.1, -0.05) is 62.4 Å². The molecule has 6 atom stereocenters. The Labute approximate surface area is 202 Å². The van der Waals surface area contributed by atoms with Crippen LogP contribution in [0.25, 0.3) is 0 Å². The number of esters is 1. The maximum atomic E-state index is 12.9. The molecule has 1 aliphatic heterocycles. The molecule has 3 rings (SSSR count). The molecule has 1 heterocycles. The van der Waals surface area contributed by atoms with Crippen molar-refractivity contribution in [2.45, 2.75) is 58.4 Å². The van der Waals surface area contributed by atoms with Crippen LogP contribution in [0.15, 0.2) is 67.3 Å². The van der Waals surface area contributed by atoms with E-state index in [1.165, 1.54) is 0 Å². The summed E-state index contributed by atoms with van der Waals surface area (Å²) in [7, 11) is 1.63. The van der Waals surface area contributed by atoms with Gasteiger partial charge in [0.25, 0.3) is 0 Å². The average molecular weight is 469 g/mol. The lowest BCUT2D eigenvalue weighted by atomic mass is 9.80. The molecular weight excluding hydrogens is 432 g/mol. The highest BCUT2D eigenvalue weighted by Crippen LogP contribution is 2.41. The number of benzene rings is 2. The van der Waals surface area contributed by atoms with E-state index in [0.717, 1.165) is 16.9 Å². The number of aliphatic hydroxyl groups is 1. The fourth-order valence-corrected chi connectivity index (χ4v) is 4.25. The lowest BCUT2D eigenvalue weighted by Gasteiger charge is -2.48. The number of hydrogen-bond acceptors (Lipinski definition) is 6. The summed E-state index contributed by atoms with van der Waals surface area (Å²) in [6, 6.07) is 17.1. The van der Waals surface area contributed by atoms with Gasteiger partial charge < -0.3 is 24.1 Å². The van der Waals surface area contributed by atoms with Gasteiger partial charge in [0.2, 0.25) is 0 Å². The Balaban J connectivity index is 1.72. The maximum Gasteiger partial charge on any atom is 0.314 e. The summed E-state index contributed by atoms with van der Waals surface area (Å²) in [6.07, 6.45) is 1.28. The van der Waals surface area contributed by atoms with Crippen molar-refractivity contribution in [1.29, 1.82) is 0 Å². The van der Waals surface area contributed by atoms with Crippen LogP contribution >= 0.6 is 0 Å². The van der Waals surface area contributed by atoms with Crippen molar-refractivity contribution in [2.24, 2.45) is 17.8 Å². The van der Waals surface area contributed by atoms with Crippen LogP contribution in [0.5, 0.6) is 5.75 Å². The summed E-state index contributed by atoms with van der Waals surface area (Å²) < 4.78 is 23.1. The monoisotopic (exact) mass is 468 g/mol. The maximum absolute atomic E-state index is 12.9. The van der Waals surface area contributed by atoms with Crippen molar-refractivity contribution in [2.75, 3.05) is 7.11 Å². The standard InChI is InChI=1S/C28H36O6/c1-6-19(2)26-20(3)25(32-17-23-12-14-24(31-5)15-13-23)16-28(30,34-26)21(4)27(29)33-18-22-10-8-7-9-11-22/h6-15,19-21,25-26,30H,1,16-18H2,2-5H3/t19-,20-,21-,25+,26+,28+/m1/s1. The van der Waals surface area contributed by atoms with Crippen molar-refractivity contribution in [3.05, 3.63) is 78.4 Å². The molecule has 1 fully saturated rings. The Hall–Kier alpha value is -2.67. The van der Waals surface area contributed by atoms with Crippen LogP contribution in [0.4, 0.5) is 0 Å². The van der Waals surface area contributed by atoms with E-state index in [0.29, 0.717) is 6.61 Å². The van der Waals surface area contributed by atoms with Crippen LogP contribution in [0.3, 0.4) is 0 Å². The van der Waals surface area contributed by atoms with E-state index in [4.69, 9.17) is 18.9 Å². The molecule has 34 heavy (non-hydrogen) atoms. The second-order valence-corrected chi connectivity index (χ2v) is 9.10. The average Bonchev–Trinajstić information content (AvgIpc) is 2.87. The Morgan fingerprint density at radius 2 is 1.79 bits per heavy atom. The first-order chi connectivity index (χ1) is 16.3. The van der Waals surface area contributed by atoms with E-state index in [-0.39, 0.29) is 37.1 Å². The van der Waals surface area contributed by atoms with Crippen LogP contribution in [-0.2, 0) is 32.2 Å². The summed E-state index contributed by atoms with van der Waals surface area (Å²) in [4.78, 5) is 12.9. The summed E-state index contributed by atoms with van der Waals surface area (Å²) >= 11 is 0. The van der Waals surface area contributed by atoms with Gasteiger partial charge in [0, 0.05) is 18.3 Å². The molecule has 1 saturated heterocycles. The zero-order chi connectivity index (χ0) is 24.7. The van der Waals surface area contributed by atoms with Crippen LogP contribution in [-0.4, -0.2) is 36.2 Å². The van der Waals surface area contributed by atoms with Crippen molar-refractivity contribution >= 4 is 5.97 Å². The Kier molecular flexibility index (Phi) is 8.89. The fourth-order valence-electron chi connectivity index (χ4n) is 4.25. The van der Waals surface area contributed by atoms with E-state index in [1.807, 2.05) is 68.4 Å². The van der Waals surface area contributed by atoms with Gasteiger partial charge >= 0.3 is 5.97 Å². The number of carbonyl (C=O) groups is 1. The minimum absolute atomic E-state index is 0.0148. The predicted molar refractivity (Wildman–Crippen MR) is 130 cm³/mol. The Morgan fingerprint density at radius 3 is 2.41 bits per heavy atom. The van der Waals surface area contributed by atoms with Crippen LogP contribution < -0.4 is 4.74 Å². The van der Waals surface area contributed by atoms with E-state index in [9.17, 15) is 9.90 Å². The highest BCUT2D eigenvalue weighted by Gasteiger charge is 2.51. The van der Waals surface area contributed by atoms with Crippen molar-refractivity contribution in [1.82, 2.24) is 0 Å². The van der Waals surface area contributed by atoms with Crippen molar-refractivity contribution in [3.8, 4) is 5.75 Å². The molecule has 2 aromatic rings. The number of methoxy groups -OCH3 is 1. The zero-order valence-electron chi connectivity index (χ0n) is 20.5. The minimum Gasteiger partial charge on any atom is -0.497 e. The minimum atomic E-state index is -1.72. The molecule has 6 heteroatoms. The Morgan fingerprint density at radius 1 is 1.15 bits per heavy atom. The van der Waals surface area contributed by atoms with Crippen LogP contribution in [0.2, 0.25) is 0 Å². The van der Waals surface area contributed by atoms with Crippen molar-refractivity contribution < 1.29 is 28.8 Å². The highest BCUT2D eigenvalue weighted by molar-refractivity contribution is 5.73. The molecule has 0 aromatic heterocycles. The van der Waals surface area contributed by atoms with Gasteiger partial charge in [0.05, 0.1) is 25.9 Å². The van der Waals surface area contributed by atoms with Crippen molar-refractivity contribution in [3.63, 3.8) is 0 Å². The molecule has 0 saturated carbocycles. The van der Waals surface area contributed by atoms with Gasteiger partial charge in [0.1, 0.15) is 18.3 Å². The normalized spacial score (nSPS) is 26.3. The van der Waals surface area contributed by atoms with Crippen LogP contribution in [0.1, 0.15) is 38.3 Å². The lowest BCUT2D eigenvalue weighted by molar-refractivity contribution is -0.317. The molecule has 0 unspecified atom stereocenters. The third-order valence-corrected chi connectivity index (χ3v) is 6.71. The highest BCUT2D eigenvalue weighted by atomic mass is 16.6. The molecule has 1 aliphatic rings. The summed E-state index contributed by atoms with van der Waals surface area (Å²) in [5.41, 5.74) is 1.87. The van der Waals surface area contributed by atoms with Gasteiger partial charge in [-0.3, -0.25) is 4.79 Å². The molecule has 2 aromatic carbocycles. The molecule has 0 radical (unpaired) electrons. The van der Waals surface area contributed by atoms with Gasteiger partial charge in [-0.2, -0.15) is 0 Å². The van der Waals surface area contributed by atoms with Gasteiger partial charge in [-0.25, -0.2) is 0 Å². The molecule has 0 amide bonds. The fraction of sp³-hybridized carbons (Fsp3) is 0.464. The third kappa shape index (κ3) is 6.26. The molecule has 184 valence electrons. The number of hydrogen-bond donors (Lipinski definition) is 1. The van der Waals surface area contributed by atoms with Gasteiger partial charge in [-0.05, 0) is 30.2 Å². The number of rotatable bonds is 10. The van der Waals surface area contributed by atoms with Gasteiger partial charge in [-0.15, -0.1) is 6.58 Å². The second-order valence-electron chi connectivity index (χ2n) is 9.10. The first-order valence-electron chi connectivity index (χ1n) is 11.7. The van der Waals surface area contributed by atoms with E-state index in [2.05, 4.69) is 6.58 Å². The van der Waals surface area contributed by atoms with Gasteiger partial charge in [0.15, 0.2) is 5.79 Å². The molecular formula is C28H36O6. The molecule has 0 spiro atoms. The second kappa shape index (κ2) is 11.6. The first kappa shape index (κ1) is 25.9. The molecule has 1 N–H and O–H groups in total. The lowest BCUT2D eigenvalue weighted by Crippen LogP contribution is -2.57. The first-order valence-corrected chi connectivity index (χ1v) is 11.7. The van der Waals surface area contributed by atoms with E-state index < -0.39 is 17.7 Å². The summed E-state index contributed by atoms with van der Waals surface area (Å²) in [6.45, 7) is 10.1. The quantitative estimate of drug-likeness (QED) is 0.395. The van der Waals surface area contributed by atoms with E-state index >= 15 is 0 Å². The summed E-state index contributed by atoms with van der Waals surface area (Å²) in [5, 5.41) is 11.5. The zero-order valence-corrected chi connectivity index (χ0v) is 20.5. The largest absolute Gasteiger partial charge is 0.497 e.